The standard InChI is InChI=1S/C30H40O16/c1-11-26(45-29-24(39)22(37)20(35)17(9-32)43-29)14(8-31)28(46-30-25(40)23(38)21(36)18(10-33)44-30)19-15(34)7-16(42-27(11)19)12-3-5-13(41-2)6-4-12/h3-6,15-18,20-25,29-40H,7-10H2,1-2H3/t15-,16+,17?,18?,20+,21+,22-,23-,24?,25?,29-,30-/m0/s1. The number of hydrogen-bond acceptors (Lipinski definition) is 16. The zero-order valence-electron chi connectivity index (χ0n) is 25.0. The lowest BCUT2D eigenvalue weighted by molar-refractivity contribution is -0.279. The number of fused-ring (bicyclic) bond motifs is 1. The van der Waals surface area contributed by atoms with Gasteiger partial charge in [0.05, 0.1) is 44.2 Å². The largest absolute Gasteiger partial charge is 0.497 e. The number of ether oxygens (including phenoxy) is 6. The van der Waals surface area contributed by atoms with Crippen molar-refractivity contribution in [2.75, 3.05) is 20.3 Å². The van der Waals surface area contributed by atoms with Crippen molar-refractivity contribution in [2.24, 2.45) is 0 Å². The van der Waals surface area contributed by atoms with Gasteiger partial charge < -0.3 is 79.5 Å². The summed E-state index contributed by atoms with van der Waals surface area (Å²) in [5.74, 6) is 0.117. The molecular weight excluding hydrogens is 616 g/mol. The van der Waals surface area contributed by atoms with Gasteiger partial charge >= 0.3 is 0 Å². The van der Waals surface area contributed by atoms with Crippen molar-refractivity contribution >= 4 is 0 Å². The van der Waals surface area contributed by atoms with Gasteiger partial charge in [-0.1, -0.05) is 12.1 Å². The van der Waals surface area contributed by atoms with Crippen molar-refractivity contribution in [1.29, 1.82) is 0 Å². The molecule has 2 fully saturated rings. The van der Waals surface area contributed by atoms with Gasteiger partial charge in [0.2, 0.25) is 12.6 Å². The molecule has 2 saturated heterocycles. The van der Waals surface area contributed by atoms with E-state index in [-0.39, 0.29) is 40.4 Å². The summed E-state index contributed by atoms with van der Waals surface area (Å²) in [6, 6.07) is 6.91. The molecule has 0 spiro atoms. The van der Waals surface area contributed by atoms with Crippen LogP contribution in [0.4, 0.5) is 0 Å². The average Bonchev–Trinajstić information content (AvgIpc) is 3.06. The van der Waals surface area contributed by atoms with E-state index < -0.39 is 93.4 Å². The van der Waals surface area contributed by atoms with Gasteiger partial charge in [-0.15, -0.1) is 0 Å². The summed E-state index contributed by atoms with van der Waals surface area (Å²) in [5, 5.41) is 104. The van der Waals surface area contributed by atoms with Crippen LogP contribution in [-0.4, -0.2) is 133 Å². The fraction of sp³-hybridized carbons (Fsp3) is 0.600. The predicted octanol–water partition coefficient (Wildman–Crippen LogP) is -2.59. The van der Waals surface area contributed by atoms with Crippen LogP contribution >= 0.6 is 0 Å². The number of aliphatic hydroxyl groups is 10. The molecule has 0 aromatic heterocycles. The van der Waals surface area contributed by atoms with Gasteiger partial charge in [0.1, 0.15) is 77.9 Å². The van der Waals surface area contributed by atoms with E-state index in [0.717, 1.165) is 0 Å². The summed E-state index contributed by atoms with van der Waals surface area (Å²) < 4.78 is 34.6. The van der Waals surface area contributed by atoms with Crippen molar-refractivity contribution in [3.05, 3.63) is 46.5 Å². The zero-order chi connectivity index (χ0) is 33.4. The Labute approximate surface area is 263 Å². The van der Waals surface area contributed by atoms with E-state index in [1.807, 2.05) is 0 Å². The van der Waals surface area contributed by atoms with Crippen LogP contribution in [0.1, 0.15) is 40.9 Å². The number of aliphatic hydroxyl groups excluding tert-OH is 10. The van der Waals surface area contributed by atoms with Crippen LogP contribution in [0, 0.1) is 6.92 Å². The minimum atomic E-state index is -1.86. The lowest BCUT2D eigenvalue weighted by Gasteiger charge is -2.42. The van der Waals surface area contributed by atoms with Gasteiger partial charge in [-0.2, -0.15) is 0 Å². The minimum absolute atomic E-state index is 0.00158. The molecule has 2 aromatic rings. The van der Waals surface area contributed by atoms with Gasteiger partial charge in [0, 0.05) is 12.0 Å². The topological polar surface area (TPSA) is 258 Å². The molecule has 46 heavy (non-hydrogen) atoms. The summed E-state index contributed by atoms with van der Waals surface area (Å²) in [6.07, 6.45) is -18.7. The summed E-state index contributed by atoms with van der Waals surface area (Å²) in [6.45, 7) is -0.782. The number of hydrogen-bond donors (Lipinski definition) is 10. The monoisotopic (exact) mass is 656 g/mol. The van der Waals surface area contributed by atoms with Gasteiger partial charge in [-0.3, -0.25) is 0 Å². The summed E-state index contributed by atoms with van der Waals surface area (Å²) in [7, 11) is 1.52. The zero-order valence-corrected chi connectivity index (χ0v) is 25.0. The van der Waals surface area contributed by atoms with Crippen LogP contribution in [0.2, 0.25) is 0 Å². The Morgan fingerprint density at radius 2 is 1.24 bits per heavy atom. The fourth-order valence-corrected chi connectivity index (χ4v) is 5.89. The SMILES string of the molecule is COc1ccc([C@H]2C[C@H](O)c3c(c(C)c(O[C@@H]4OC(CO)[C@@H](O)[C@H](O)C4O)c(CO)c3O[C@@H]3OC(CO)[C@@H](O)[C@H](O)C3O)O2)cc1. The van der Waals surface area contributed by atoms with Crippen molar-refractivity contribution in [1.82, 2.24) is 0 Å². The Bertz CT molecular complexity index is 1340. The quantitative estimate of drug-likeness (QED) is 0.133. The first kappa shape index (κ1) is 34.5. The molecule has 16 heteroatoms. The lowest BCUT2D eigenvalue weighted by atomic mass is 9.90. The molecular formula is C30H40O16. The Morgan fingerprint density at radius 3 is 1.72 bits per heavy atom. The van der Waals surface area contributed by atoms with E-state index in [1.165, 1.54) is 14.0 Å². The maximum absolute atomic E-state index is 11.5. The van der Waals surface area contributed by atoms with Crippen LogP contribution in [0.15, 0.2) is 24.3 Å². The molecule has 0 amide bonds. The lowest BCUT2D eigenvalue weighted by Crippen LogP contribution is -2.60. The molecule has 0 bridgehead atoms. The summed E-state index contributed by atoms with van der Waals surface area (Å²) in [5.41, 5.74) is 0.721. The Hall–Kier alpha value is -2.84. The van der Waals surface area contributed by atoms with E-state index >= 15 is 0 Å². The Kier molecular flexibility index (Phi) is 10.6. The average molecular weight is 657 g/mol. The normalized spacial score (nSPS) is 36.0. The van der Waals surface area contributed by atoms with E-state index in [4.69, 9.17) is 28.4 Å². The van der Waals surface area contributed by atoms with Crippen molar-refractivity contribution in [2.45, 2.75) is 93.6 Å². The summed E-state index contributed by atoms with van der Waals surface area (Å²) in [4.78, 5) is 0. The fourth-order valence-electron chi connectivity index (χ4n) is 5.89. The number of methoxy groups -OCH3 is 1. The smallest absolute Gasteiger partial charge is 0.229 e. The third kappa shape index (κ3) is 6.24. The summed E-state index contributed by atoms with van der Waals surface area (Å²) >= 11 is 0. The molecule has 16 nitrogen and oxygen atoms in total. The predicted molar refractivity (Wildman–Crippen MR) is 152 cm³/mol. The van der Waals surface area contributed by atoms with Gasteiger partial charge in [-0.25, -0.2) is 0 Å². The molecule has 2 aromatic carbocycles. The maximum atomic E-state index is 11.5. The molecule has 3 aliphatic rings. The van der Waals surface area contributed by atoms with Crippen LogP contribution in [-0.2, 0) is 16.1 Å². The van der Waals surface area contributed by atoms with E-state index in [2.05, 4.69) is 0 Å². The molecule has 5 rings (SSSR count). The van der Waals surface area contributed by atoms with Crippen LogP contribution in [0.25, 0.3) is 0 Å². The number of benzene rings is 2. The van der Waals surface area contributed by atoms with Crippen molar-refractivity contribution in [3.8, 4) is 23.0 Å². The molecule has 0 saturated carbocycles. The second-order valence-corrected chi connectivity index (χ2v) is 11.4. The first-order chi connectivity index (χ1) is 21.9. The van der Waals surface area contributed by atoms with E-state index in [1.54, 1.807) is 24.3 Å². The highest BCUT2D eigenvalue weighted by molar-refractivity contribution is 5.64. The third-order valence-electron chi connectivity index (χ3n) is 8.56. The highest BCUT2D eigenvalue weighted by Gasteiger charge is 2.48. The third-order valence-corrected chi connectivity index (χ3v) is 8.56. The highest BCUT2D eigenvalue weighted by Crippen LogP contribution is 2.53. The second-order valence-electron chi connectivity index (χ2n) is 11.4. The highest BCUT2D eigenvalue weighted by atomic mass is 16.7. The molecule has 3 heterocycles. The molecule has 0 aliphatic carbocycles. The van der Waals surface area contributed by atoms with Crippen LogP contribution in [0.5, 0.6) is 23.0 Å². The maximum Gasteiger partial charge on any atom is 0.229 e. The first-order valence-corrected chi connectivity index (χ1v) is 14.7. The molecule has 0 radical (unpaired) electrons. The molecule has 12 atom stereocenters. The molecule has 3 aliphatic heterocycles. The minimum Gasteiger partial charge on any atom is -0.497 e. The van der Waals surface area contributed by atoms with Gasteiger partial charge in [0.15, 0.2) is 0 Å². The van der Waals surface area contributed by atoms with Crippen LogP contribution in [0.3, 0.4) is 0 Å². The second kappa shape index (κ2) is 14.1. The van der Waals surface area contributed by atoms with Gasteiger partial charge in [0.25, 0.3) is 0 Å². The first-order valence-electron chi connectivity index (χ1n) is 14.7. The van der Waals surface area contributed by atoms with Crippen molar-refractivity contribution in [3.63, 3.8) is 0 Å². The van der Waals surface area contributed by atoms with Crippen LogP contribution < -0.4 is 18.9 Å². The van der Waals surface area contributed by atoms with E-state index in [9.17, 15) is 51.1 Å². The molecule has 4 unspecified atom stereocenters. The van der Waals surface area contributed by atoms with Crippen molar-refractivity contribution < 1.29 is 79.5 Å². The number of rotatable bonds is 9. The van der Waals surface area contributed by atoms with Gasteiger partial charge in [-0.05, 0) is 24.6 Å². The van der Waals surface area contributed by atoms with E-state index in [0.29, 0.717) is 11.3 Å². The Balaban J connectivity index is 1.61. The molecule has 10 N–H and O–H groups in total. The molecule has 256 valence electrons. The Morgan fingerprint density at radius 1 is 0.717 bits per heavy atom.